The van der Waals surface area contributed by atoms with Crippen molar-refractivity contribution in [3.05, 3.63) is 63.3 Å². The standard InChI is InChI=1S/C24H25BrN2O2/c1-24(2)19-12-16(29-13-14-7-9-26-10-8-14)4-6-17(19)22(28)21-18-5-3-15(25)11-20(18)27-23(21)24/h3-6,11-12,14,26-27H,7-10,13H2,1-2H3. The van der Waals surface area contributed by atoms with Crippen molar-refractivity contribution >= 4 is 32.6 Å². The van der Waals surface area contributed by atoms with Gasteiger partial charge in [-0.3, -0.25) is 4.79 Å². The number of ether oxygens (including phenoxy) is 1. The van der Waals surface area contributed by atoms with Gasteiger partial charge in [0.2, 0.25) is 0 Å². The molecule has 0 saturated carbocycles. The SMILES string of the molecule is CC1(C)c2cc(OCC3CCNCC3)ccc2C(=O)c2c1[nH]c1cc(Br)ccc21. The summed E-state index contributed by atoms with van der Waals surface area (Å²) in [6.07, 6.45) is 2.31. The number of rotatable bonds is 3. The van der Waals surface area contributed by atoms with E-state index in [1.807, 2.05) is 30.3 Å². The lowest BCUT2D eigenvalue weighted by molar-refractivity contribution is 0.103. The Hall–Kier alpha value is -2.11. The van der Waals surface area contributed by atoms with Crippen molar-refractivity contribution in [1.82, 2.24) is 10.3 Å². The number of aromatic nitrogens is 1. The fraction of sp³-hybridized carbons (Fsp3) is 0.375. The number of ketones is 1. The molecule has 0 unspecified atom stereocenters. The van der Waals surface area contributed by atoms with Crippen molar-refractivity contribution in [3.8, 4) is 5.75 Å². The summed E-state index contributed by atoms with van der Waals surface area (Å²) in [5, 5.41) is 4.38. The summed E-state index contributed by atoms with van der Waals surface area (Å²) in [6, 6.07) is 12.0. The number of carbonyl (C=O) groups is 1. The second kappa shape index (κ2) is 6.99. The molecule has 2 heterocycles. The molecule has 2 aliphatic rings. The summed E-state index contributed by atoms with van der Waals surface area (Å²) in [6.45, 7) is 7.23. The molecular weight excluding hydrogens is 428 g/mol. The number of halogens is 1. The van der Waals surface area contributed by atoms with Crippen molar-refractivity contribution in [2.75, 3.05) is 19.7 Å². The normalized spacial score (nSPS) is 18.5. The summed E-state index contributed by atoms with van der Waals surface area (Å²) in [7, 11) is 0. The lowest BCUT2D eigenvalue weighted by Crippen LogP contribution is -2.31. The number of piperidine rings is 1. The summed E-state index contributed by atoms with van der Waals surface area (Å²) in [5.74, 6) is 1.54. The van der Waals surface area contributed by atoms with Crippen LogP contribution in [0.4, 0.5) is 0 Å². The fourth-order valence-corrected chi connectivity index (χ4v) is 5.10. The Morgan fingerprint density at radius 3 is 2.72 bits per heavy atom. The zero-order valence-corrected chi connectivity index (χ0v) is 18.4. The quantitative estimate of drug-likeness (QED) is 0.575. The first-order chi connectivity index (χ1) is 13.9. The van der Waals surface area contributed by atoms with Crippen LogP contribution in [0.25, 0.3) is 10.9 Å². The first kappa shape index (κ1) is 18.9. The van der Waals surface area contributed by atoms with E-state index in [1.165, 1.54) is 0 Å². The van der Waals surface area contributed by atoms with Gasteiger partial charge in [-0.15, -0.1) is 0 Å². The molecule has 5 rings (SSSR count). The van der Waals surface area contributed by atoms with E-state index in [9.17, 15) is 4.79 Å². The highest BCUT2D eigenvalue weighted by Crippen LogP contribution is 2.44. The van der Waals surface area contributed by atoms with Gasteiger partial charge in [0, 0.05) is 32.0 Å². The second-order valence-corrected chi connectivity index (χ2v) is 9.65. The Morgan fingerprint density at radius 2 is 1.93 bits per heavy atom. The molecule has 0 spiro atoms. The van der Waals surface area contributed by atoms with E-state index < -0.39 is 0 Å². The zero-order valence-electron chi connectivity index (χ0n) is 16.8. The van der Waals surface area contributed by atoms with E-state index in [4.69, 9.17) is 4.74 Å². The molecule has 3 aromatic rings. The second-order valence-electron chi connectivity index (χ2n) is 8.73. The number of fused-ring (bicyclic) bond motifs is 4. The van der Waals surface area contributed by atoms with Crippen LogP contribution in [0, 0.1) is 5.92 Å². The van der Waals surface area contributed by atoms with Gasteiger partial charge in [-0.25, -0.2) is 0 Å². The van der Waals surface area contributed by atoms with Crippen LogP contribution in [-0.4, -0.2) is 30.5 Å². The Morgan fingerprint density at radius 1 is 1.14 bits per heavy atom. The number of benzene rings is 2. The summed E-state index contributed by atoms with van der Waals surface area (Å²) < 4.78 is 7.15. The number of H-pyrrole nitrogens is 1. The third-order valence-corrected chi connectivity index (χ3v) is 6.96. The number of aromatic amines is 1. The van der Waals surface area contributed by atoms with Gasteiger partial charge in [-0.1, -0.05) is 35.8 Å². The molecule has 1 aromatic heterocycles. The topological polar surface area (TPSA) is 54.1 Å². The molecule has 0 bridgehead atoms. The van der Waals surface area contributed by atoms with Crippen molar-refractivity contribution in [3.63, 3.8) is 0 Å². The molecule has 29 heavy (non-hydrogen) atoms. The van der Waals surface area contributed by atoms with E-state index in [0.29, 0.717) is 5.92 Å². The summed E-state index contributed by atoms with van der Waals surface area (Å²) in [4.78, 5) is 16.9. The van der Waals surface area contributed by atoms with Crippen LogP contribution in [0.3, 0.4) is 0 Å². The fourth-order valence-electron chi connectivity index (χ4n) is 4.73. The minimum atomic E-state index is -0.307. The lowest BCUT2D eigenvalue weighted by atomic mass is 9.71. The smallest absolute Gasteiger partial charge is 0.195 e. The van der Waals surface area contributed by atoms with Gasteiger partial charge in [-0.05, 0) is 67.7 Å². The van der Waals surface area contributed by atoms with Crippen LogP contribution in [0.1, 0.15) is 53.9 Å². The first-order valence-electron chi connectivity index (χ1n) is 10.3. The molecule has 0 amide bonds. The number of nitrogens with one attached hydrogen (secondary N) is 2. The van der Waals surface area contributed by atoms with Gasteiger partial charge < -0.3 is 15.0 Å². The Balaban J connectivity index is 1.52. The molecule has 2 N–H and O–H groups in total. The van der Waals surface area contributed by atoms with Gasteiger partial charge in [0.25, 0.3) is 0 Å². The molecule has 0 radical (unpaired) electrons. The van der Waals surface area contributed by atoms with Crippen LogP contribution in [0.2, 0.25) is 0 Å². The highest BCUT2D eigenvalue weighted by molar-refractivity contribution is 9.10. The molecular formula is C24H25BrN2O2. The zero-order chi connectivity index (χ0) is 20.2. The van der Waals surface area contributed by atoms with Gasteiger partial charge in [0.15, 0.2) is 5.78 Å². The predicted octanol–water partition coefficient (Wildman–Crippen LogP) is 5.18. The minimum Gasteiger partial charge on any atom is -0.493 e. The molecule has 150 valence electrons. The molecule has 2 aromatic carbocycles. The van der Waals surface area contributed by atoms with Crippen molar-refractivity contribution in [1.29, 1.82) is 0 Å². The molecule has 0 atom stereocenters. The van der Waals surface area contributed by atoms with Gasteiger partial charge in [0.05, 0.1) is 12.2 Å². The molecule has 5 heteroatoms. The number of carbonyl (C=O) groups excluding carboxylic acids is 1. The number of hydrogen-bond acceptors (Lipinski definition) is 3. The Labute approximate surface area is 179 Å². The third-order valence-electron chi connectivity index (χ3n) is 6.47. The van der Waals surface area contributed by atoms with Crippen LogP contribution in [-0.2, 0) is 5.41 Å². The minimum absolute atomic E-state index is 0.0906. The van der Waals surface area contributed by atoms with Gasteiger partial charge in [-0.2, -0.15) is 0 Å². The highest BCUT2D eigenvalue weighted by atomic mass is 79.9. The lowest BCUT2D eigenvalue weighted by Gasteiger charge is -2.32. The average molecular weight is 453 g/mol. The van der Waals surface area contributed by atoms with Gasteiger partial charge >= 0.3 is 0 Å². The Kier molecular flexibility index (Phi) is 4.56. The maximum absolute atomic E-state index is 13.4. The third kappa shape index (κ3) is 3.11. The average Bonchev–Trinajstić information content (AvgIpc) is 3.11. The van der Waals surface area contributed by atoms with Crippen molar-refractivity contribution in [2.24, 2.45) is 5.92 Å². The van der Waals surface area contributed by atoms with E-state index >= 15 is 0 Å². The maximum Gasteiger partial charge on any atom is 0.195 e. The van der Waals surface area contributed by atoms with Crippen molar-refractivity contribution in [2.45, 2.75) is 32.1 Å². The molecule has 1 saturated heterocycles. The van der Waals surface area contributed by atoms with E-state index in [2.05, 4.69) is 46.1 Å². The van der Waals surface area contributed by atoms with Crippen molar-refractivity contribution < 1.29 is 9.53 Å². The monoisotopic (exact) mass is 452 g/mol. The molecule has 4 nitrogen and oxygen atoms in total. The molecule has 1 fully saturated rings. The molecule has 1 aliphatic carbocycles. The van der Waals surface area contributed by atoms with E-state index in [-0.39, 0.29) is 11.2 Å². The van der Waals surface area contributed by atoms with E-state index in [1.54, 1.807) is 0 Å². The Bertz CT molecular complexity index is 1110. The predicted molar refractivity (Wildman–Crippen MR) is 119 cm³/mol. The van der Waals surface area contributed by atoms with Crippen LogP contribution < -0.4 is 10.1 Å². The first-order valence-corrected chi connectivity index (χ1v) is 11.1. The summed E-state index contributed by atoms with van der Waals surface area (Å²) in [5.41, 5.74) is 4.27. The number of hydrogen-bond donors (Lipinski definition) is 2. The maximum atomic E-state index is 13.4. The largest absolute Gasteiger partial charge is 0.493 e. The van der Waals surface area contributed by atoms with Gasteiger partial charge in [0.1, 0.15) is 5.75 Å². The molecule has 1 aliphatic heterocycles. The van der Waals surface area contributed by atoms with Crippen LogP contribution >= 0.6 is 15.9 Å². The highest BCUT2D eigenvalue weighted by Gasteiger charge is 2.39. The van der Waals surface area contributed by atoms with Crippen LogP contribution in [0.5, 0.6) is 5.75 Å². The summed E-state index contributed by atoms with van der Waals surface area (Å²) >= 11 is 3.53. The van der Waals surface area contributed by atoms with Crippen LogP contribution in [0.15, 0.2) is 40.9 Å². The van der Waals surface area contributed by atoms with E-state index in [0.717, 1.165) is 76.0 Å².